The Balaban J connectivity index is 1.64. The van der Waals surface area contributed by atoms with Crippen LogP contribution in [0.4, 0.5) is 5.82 Å². The van der Waals surface area contributed by atoms with Gasteiger partial charge in [0.25, 0.3) is 0 Å². The highest BCUT2D eigenvalue weighted by molar-refractivity contribution is 5.86. The van der Waals surface area contributed by atoms with Gasteiger partial charge in [0, 0.05) is 19.7 Å². The number of aliphatic hydroxyl groups is 1. The van der Waals surface area contributed by atoms with E-state index in [0.29, 0.717) is 24.4 Å². The fourth-order valence-corrected chi connectivity index (χ4v) is 5.49. The van der Waals surface area contributed by atoms with E-state index in [4.69, 9.17) is 4.98 Å². The Bertz CT molecular complexity index is 1100. The summed E-state index contributed by atoms with van der Waals surface area (Å²) >= 11 is 0. The molecule has 2 fully saturated rings. The number of rotatable bonds is 2. The summed E-state index contributed by atoms with van der Waals surface area (Å²) in [6.45, 7) is 2.34. The first kappa shape index (κ1) is 14.6. The molecule has 2 unspecified atom stereocenters. The van der Waals surface area contributed by atoms with Crippen molar-refractivity contribution in [3.8, 4) is 6.07 Å². The molecule has 1 aromatic carbocycles. The molecule has 2 aliphatic carbocycles. The van der Waals surface area contributed by atoms with Crippen molar-refractivity contribution in [2.45, 2.75) is 19.3 Å². The summed E-state index contributed by atoms with van der Waals surface area (Å²) in [7, 11) is 0. The summed E-state index contributed by atoms with van der Waals surface area (Å²) in [5.41, 5.74) is 6.16. The molecule has 5 heteroatoms. The number of aliphatic hydroxyl groups excluding tert-OH is 1. The highest BCUT2D eigenvalue weighted by atomic mass is 16.3. The quantitative estimate of drug-likeness (QED) is 0.776. The molecule has 0 bridgehead atoms. The second kappa shape index (κ2) is 4.99. The zero-order chi connectivity index (χ0) is 17.4. The number of piperidine rings is 1. The van der Waals surface area contributed by atoms with Crippen molar-refractivity contribution in [3.05, 3.63) is 41.0 Å². The van der Waals surface area contributed by atoms with Gasteiger partial charge >= 0.3 is 0 Å². The van der Waals surface area contributed by atoms with E-state index in [1.807, 2.05) is 18.2 Å². The summed E-state index contributed by atoms with van der Waals surface area (Å²) in [6, 6.07) is 10.6. The minimum atomic E-state index is 0.318. The number of pyridine rings is 1. The minimum absolute atomic E-state index is 0.318. The molecule has 1 saturated carbocycles. The summed E-state index contributed by atoms with van der Waals surface area (Å²) in [6.07, 6.45) is 3.13. The van der Waals surface area contributed by atoms with Crippen molar-refractivity contribution in [2.24, 2.45) is 17.8 Å². The van der Waals surface area contributed by atoms with E-state index in [1.165, 1.54) is 16.9 Å². The van der Waals surface area contributed by atoms with E-state index >= 15 is 0 Å². The number of nitriles is 1. The van der Waals surface area contributed by atoms with E-state index in [0.717, 1.165) is 54.6 Å². The first-order valence-corrected chi connectivity index (χ1v) is 9.52. The van der Waals surface area contributed by atoms with Crippen molar-refractivity contribution in [1.82, 2.24) is 9.38 Å². The number of nitrogens with zero attached hydrogens (tertiary/aromatic N) is 4. The zero-order valence-electron chi connectivity index (χ0n) is 14.5. The topological polar surface area (TPSA) is 64.6 Å². The maximum absolute atomic E-state index is 9.85. The lowest BCUT2D eigenvalue weighted by molar-refractivity contribution is 0.260. The van der Waals surface area contributed by atoms with Crippen LogP contribution in [-0.2, 0) is 12.8 Å². The molecule has 26 heavy (non-hydrogen) atoms. The normalized spacial score (nSPS) is 26.3. The van der Waals surface area contributed by atoms with Crippen LogP contribution in [0.2, 0.25) is 0 Å². The maximum atomic E-state index is 9.85. The predicted octanol–water partition coefficient (Wildman–Crippen LogP) is 2.52. The van der Waals surface area contributed by atoms with Gasteiger partial charge in [0.1, 0.15) is 11.9 Å². The van der Waals surface area contributed by atoms with E-state index in [-0.39, 0.29) is 0 Å². The lowest BCUT2D eigenvalue weighted by Gasteiger charge is -2.26. The molecule has 1 aliphatic heterocycles. The van der Waals surface area contributed by atoms with Crippen LogP contribution in [0.3, 0.4) is 0 Å². The molecular weight excluding hydrogens is 324 g/mol. The smallest absolute Gasteiger partial charge is 0.157 e. The van der Waals surface area contributed by atoms with Crippen molar-refractivity contribution >= 4 is 22.5 Å². The van der Waals surface area contributed by atoms with Crippen molar-refractivity contribution in [1.29, 1.82) is 5.26 Å². The Morgan fingerprint density at radius 3 is 2.69 bits per heavy atom. The number of fused-ring (bicyclic) bond motifs is 5. The first-order chi connectivity index (χ1) is 12.8. The molecule has 1 saturated heterocycles. The monoisotopic (exact) mass is 344 g/mol. The SMILES string of the molecule is N#Cc1c2c(c(N3CC4C(CO)[C@@H]4C3)n3c1nc1ccccc13)CCC2. The zero-order valence-corrected chi connectivity index (χ0v) is 14.5. The molecule has 2 aromatic heterocycles. The van der Waals surface area contributed by atoms with Crippen molar-refractivity contribution < 1.29 is 5.11 Å². The summed E-state index contributed by atoms with van der Waals surface area (Å²) in [4.78, 5) is 7.32. The summed E-state index contributed by atoms with van der Waals surface area (Å²) in [5.74, 6) is 2.99. The Morgan fingerprint density at radius 1 is 1.15 bits per heavy atom. The van der Waals surface area contributed by atoms with Crippen LogP contribution in [0, 0.1) is 29.1 Å². The highest BCUT2D eigenvalue weighted by Gasteiger charge is 2.55. The lowest BCUT2D eigenvalue weighted by Crippen LogP contribution is -2.28. The van der Waals surface area contributed by atoms with E-state index in [2.05, 4.69) is 21.4 Å². The molecule has 130 valence electrons. The standard InChI is InChI=1S/C21H20N4O/c22-8-14-12-4-3-5-13(12)21(24-9-15-16(10-24)17(15)11-26)25-19-7-2-1-6-18(19)23-20(14)25/h1-2,6-7,15-17,26H,3-5,9-11H2/t15-,16?,17?/m1/s1. The van der Waals surface area contributed by atoms with E-state index in [9.17, 15) is 10.4 Å². The number of anilines is 1. The Labute approximate surface area is 151 Å². The lowest BCUT2D eigenvalue weighted by atomic mass is 10.1. The molecule has 5 nitrogen and oxygen atoms in total. The molecule has 0 radical (unpaired) electrons. The Kier molecular flexibility index (Phi) is 2.80. The molecule has 3 aromatic rings. The van der Waals surface area contributed by atoms with Crippen LogP contribution in [0.15, 0.2) is 24.3 Å². The van der Waals surface area contributed by atoms with Gasteiger partial charge in [-0.05, 0) is 60.3 Å². The van der Waals surface area contributed by atoms with Gasteiger partial charge in [-0.15, -0.1) is 0 Å². The molecule has 3 aliphatic rings. The molecule has 3 heterocycles. The largest absolute Gasteiger partial charge is 0.396 e. The second-order valence-corrected chi connectivity index (χ2v) is 7.96. The van der Waals surface area contributed by atoms with Gasteiger partial charge in [0.2, 0.25) is 0 Å². The average molecular weight is 344 g/mol. The minimum Gasteiger partial charge on any atom is -0.396 e. The van der Waals surface area contributed by atoms with Crippen LogP contribution in [-0.4, -0.2) is 34.2 Å². The maximum Gasteiger partial charge on any atom is 0.157 e. The first-order valence-electron chi connectivity index (χ1n) is 9.52. The number of hydrogen-bond acceptors (Lipinski definition) is 4. The van der Waals surface area contributed by atoms with E-state index in [1.54, 1.807) is 0 Å². The number of aromatic nitrogens is 2. The van der Waals surface area contributed by atoms with E-state index < -0.39 is 0 Å². The van der Waals surface area contributed by atoms with Crippen LogP contribution < -0.4 is 4.90 Å². The molecule has 0 amide bonds. The van der Waals surface area contributed by atoms with Crippen molar-refractivity contribution in [3.63, 3.8) is 0 Å². The molecule has 3 atom stereocenters. The average Bonchev–Trinajstić information content (AvgIpc) is 3.12. The van der Waals surface area contributed by atoms with Gasteiger partial charge in [-0.1, -0.05) is 12.1 Å². The molecular formula is C21H20N4O. The van der Waals surface area contributed by atoms with Crippen molar-refractivity contribution in [2.75, 3.05) is 24.6 Å². The molecule has 6 rings (SSSR count). The van der Waals surface area contributed by atoms with Gasteiger partial charge in [-0.2, -0.15) is 5.26 Å². The van der Waals surface area contributed by atoms with Crippen LogP contribution in [0.25, 0.3) is 16.7 Å². The van der Waals surface area contributed by atoms with Gasteiger partial charge in [-0.25, -0.2) is 4.98 Å². The third kappa shape index (κ3) is 1.70. The third-order valence-corrected chi connectivity index (χ3v) is 6.78. The van der Waals surface area contributed by atoms with Gasteiger partial charge in [0.05, 0.1) is 16.6 Å². The predicted molar refractivity (Wildman–Crippen MR) is 99.2 cm³/mol. The third-order valence-electron chi connectivity index (χ3n) is 6.78. The number of para-hydroxylation sites is 2. The summed E-state index contributed by atoms with van der Waals surface area (Å²) < 4.78 is 2.23. The fraction of sp³-hybridized carbons (Fsp3) is 0.429. The Morgan fingerprint density at radius 2 is 1.92 bits per heavy atom. The van der Waals surface area contributed by atoms with Crippen LogP contribution >= 0.6 is 0 Å². The van der Waals surface area contributed by atoms with Gasteiger partial charge in [0.15, 0.2) is 5.65 Å². The van der Waals surface area contributed by atoms with Crippen LogP contribution in [0.1, 0.15) is 23.1 Å². The molecule has 0 spiro atoms. The number of hydrogen-bond donors (Lipinski definition) is 1. The number of benzene rings is 1. The highest BCUT2D eigenvalue weighted by Crippen LogP contribution is 2.53. The van der Waals surface area contributed by atoms with Crippen LogP contribution in [0.5, 0.6) is 0 Å². The van der Waals surface area contributed by atoms with Gasteiger partial charge in [-0.3, -0.25) is 4.40 Å². The van der Waals surface area contributed by atoms with Gasteiger partial charge < -0.3 is 10.0 Å². The number of imidazole rings is 1. The Hall–Kier alpha value is -2.58. The molecule has 1 N–H and O–H groups in total. The second-order valence-electron chi connectivity index (χ2n) is 7.96. The fourth-order valence-electron chi connectivity index (χ4n) is 5.49. The summed E-state index contributed by atoms with van der Waals surface area (Å²) in [5, 5.41) is 19.4.